The number of hydrogen-bond donors (Lipinski definition) is 0. The Balaban J connectivity index is 1.92. The highest BCUT2D eigenvalue weighted by Gasteiger charge is 2.24. The van der Waals surface area contributed by atoms with Crippen LogP contribution in [0.1, 0.15) is 31.2 Å². The van der Waals surface area contributed by atoms with Crippen LogP contribution in [0.25, 0.3) is 17.0 Å². The van der Waals surface area contributed by atoms with Gasteiger partial charge in [0.25, 0.3) is 0 Å². The zero-order valence-corrected chi connectivity index (χ0v) is 11.6. The summed E-state index contributed by atoms with van der Waals surface area (Å²) in [5, 5.41) is 0. The van der Waals surface area contributed by atoms with Gasteiger partial charge in [-0.2, -0.15) is 0 Å². The van der Waals surface area contributed by atoms with Gasteiger partial charge in [0.05, 0.1) is 0 Å². The molecule has 0 aromatic carbocycles. The Morgan fingerprint density at radius 2 is 2.00 bits per heavy atom. The van der Waals surface area contributed by atoms with E-state index in [0.29, 0.717) is 0 Å². The zero-order chi connectivity index (χ0) is 14.1. The highest BCUT2D eigenvalue weighted by molar-refractivity contribution is 5.73. The molecule has 0 spiro atoms. The molecule has 1 unspecified atom stereocenters. The number of pyridine rings is 2. The minimum Gasteiger partial charge on any atom is -0.370 e. The Hall–Kier alpha value is -2.27. The number of nitrogens with zero attached hydrogens (tertiary/aromatic N) is 4. The van der Waals surface area contributed by atoms with Gasteiger partial charge >= 0.3 is 0 Å². The molecule has 1 fully saturated rings. The van der Waals surface area contributed by atoms with Crippen LogP contribution in [0.2, 0.25) is 0 Å². The minimum absolute atomic E-state index is 0.0231. The summed E-state index contributed by atoms with van der Waals surface area (Å²) in [7, 11) is 0. The zero-order valence-electron chi connectivity index (χ0n) is 11.6. The van der Waals surface area contributed by atoms with Gasteiger partial charge in [-0.25, -0.2) is 15.0 Å². The molecular weight excluding hydrogens is 264 g/mol. The smallest absolute Gasteiger partial charge is 0.165 e. The summed E-state index contributed by atoms with van der Waals surface area (Å²) in [6.07, 6.45) is 6.89. The first kappa shape index (κ1) is 12.5. The monoisotopic (exact) mass is 280 g/mol. The molecule has 106 valence electrons. The van der Waals surface area contributed by atoms with Crippen LogP contribution in [0, 0.1) is 0 Å². The van der Waals surface area contributed by atoms with E-state index in [1.807, 2.05) is 34.9 Å². The number of rotatable bonds is 2. The van der Waals surface area contributed by atoms with Crippen molar-refractivity contribution in [1.29, 1.82) is 0 Å². The van der Waals surface area contributed by atoms with Crippen molar-refractivity contribution < 1.29 is 4.74 Å². The van der Waals surface area contributed by atoms with Gasteiger partial charge in [-0.1, -0.05) is 6.07 Å². The molecule has 4 rings (SSSR count). The largest absolute Gasteiger partial charge is 0.370 e. The summed E-state index contributed by atoms with van der Waals surface area (Å²) in [6, 6.07) is 9.75. The standard InChI is InChI=1S/C16H16N4O/c1-3-9-17-14(8-1)20-15-12(6-5-10-18-15)19-16(20)13-7-2-4-11-21-13/h1,3,5-6,8-10,13H,2,4,7,11H2. The van der Waals surface area contributed by atoms with E-state index in [2.05, 4.69) is 9.97 Å². The van der Waals surface area contributed by atoms with Crippen molar-refractivity contribution in [3.8, 4) is 5.82 Å². The van der Waals surface area contributed by atoms with E-state index in [4.69, 9.17) is 9.72 Å². The van der Waals surface area contributed by atoms with Crippen molar-refractivity contribution in [2.45, 2.75) is 25.4 Å². The molecule has 3 aromatic rings. The molecule has 0 aliphatic carbocycles. The molecule has 1 atom stereocenters. The van der Waals surface area contributed by atoms with Crippen LogP contribution in [0.5, 0.6) is 0 Å². The average molecular weight is 280 g/mol. The van der Waals surface area contributed by atoms with E-state index in [0.717, 1.165) is 42.3 Å². The van der Waals surface area contributed by atoms with Crippen LogP contribution in [0.4, 0.5) is 0 Å². The Morgan fingerprint density at radius 1 is 1.05 bits per heavy atom. The maximum atomic E-state index is 5.92. The van der Waals surface area contributed by atoms with E-state index >= 15 is 0 Å². The summed E-state index contributed by atoms with van der Waals surface area (Å²) in [5.74, 6) is 1.74. The van der Waals surface area contributed by atoms with Gasteiger partial charge < -0.3 is 4.74 Å². The fourth-order valence-corrected chi connectivity index (χ4v) is 2.80. The van der Waals surface area contributed by atoms with E-state index in [9.17, 15) is 0 Å². The molecule has 0 bridgehead atoms. The van der Waals surface area contributed by atoms with Crippen LogP contribution in [0.3, 0.4) is 0 Å². The summed E-state index contributed by atoms with van der Waals surface area (Å²) in [6.45, 7) is 0.795. The molecule has 21 heavy (non-hydrogen) atoms. The molecule has 0 N–H and O–H groups in total. The Bertz CT molecular complexity index is 747. The van der Waals surface area contributed by atoms with Gasteiger partial charge in [0.1, 0.15) is 23.3 Å². The highest BCUT2D eigenvalue weighted by Crippen LogP contribution is 2.30. The molecule has 5 heteroatoms. The van der Waals surface area contributed by atoms with Crippen LogP contribution in [0.15, 0.2) is 42.7 Å². The van der Waals surface area contributed by atoms with Crippen LogP contribution in [-0.2, 0) is 4.74 Å². The van der Waals surface area contributed by atoms with E-state index in [1.54, 1.807) is 12.4 Å². The summed E-state index contributed by atoms with van der Waals surface area (Å²) >= 11 is 0. The first-order chi connectivity index (χ1) is 10.4. The normalized spacial score (nSPS) is 19.0. The van der Waals surface area contributed by atoms with E-state index < -0.39 is 0 Å². The van der Waals surface area contributed by atoms with Crippen LogP contribution < -0.4 is 0 Å². The third-order valence-corrected chi connectivity index (χ3v) is 3.79. The van der Waals surface area contributed by atoms with Gasteiger partial charge in [0, 0.05) is 19.0 Å². The van der Waals surface area contributed by atoms with Gasteiger partial charge in [-0.15, -0.1) is 0 Å². The maximum absolute atomic E-state index is 5.92. The van der Waals surface area contributed by atoms with E-state index in [-0.39, 0.29) is 6.10 Å². The SMILES string of the molecule is c1ccc(-n2c(C3CCCCO3)nc3cccnc32)nc1. The molecule has 0 amide bonds. The number of fused-ring (bicyclic) bond motifs is 1. The molecule has 4 heterocycles. The Labute approximate surface area is 122 Å². The van der Waals surface area contributed by atoms with Gasteiger partial charge in [-0.05, 0) is 43.5 Å². The lowest BCUT2D eigenvalue weighted by Crippen LogP contribution is -2.16. The number of ether oxygens (including phenoxy) is 1. The van der Waals surface area contributed by atoms with Gasteiger partial charge in [0.15, 0.2) is 5.65 Å². The first-order valence-electron chi connectivity index (χ1n) is 7.30. The number of imidazole rings is 1. The predicted octanol–water partition coefficient (Wildman–Crippen LogP) is 3.06. The van der Waals surface area contributed by atoms with Crippen molar-refractivity contribution in [2.24, 2.45) is 0 Å². The lowest BCUT2D eigenvalue weighted by Gasteiger charge is -2.22. The first-order valence-corrected chi connectivity index (χ1v) is 7.30. The van der Waals surface area contributed by atoms with Crippen molar-refractivity contribution in [1.82, 2.24) is 19.5 Å². The molecule has 3 aromatic heterocycles. The fraction of sp³-hybridized carbons (Fsp3) is 0.312. The second-order valence-corrected chi connectivity index (χ2v) is 5.19. The predicted molar refractivity (Wildman–Crippen MR) is 79.2 cm³/mol. The average Bonchev–Trinajstić information content (AvgIpc) is 2.96. The molecule has 0 radical (unpaired) electrons. The Morgan fingerprint density at radius 3 is 2.81 bits per heavy atom. The second kappa shape index (κ2) is 5.26. The Kier molecular flexibility index (Phi) is 3.12. The molecule has 1 aliphatic rings. The van der Waals surface area contributed by atoms with Crippen molar-refractivity contribution in [2.75, 3.05) is 6.61 Å². The maximum Gasteiger partial charge on any atom is 0.165 e. The van der Waals surface area contributed by atoms with Crippen LogP contribution >= 0.6 is 0 Å². The minimum atomic E-state index is 0.0231. The lowest BCUT2D eigenvalue weighted by atomic mass is 10.1. The second-order valence-electron chi connectivity index (χ2n) is 5.19. The third-order valence-electron chi connectivity index (χ3n) is 3.79. The van der Waals surface area contributed by atoms with E-state index in [1.165, 1.54) is 6.42 Å². The van der Waals surface area contributed by atoms with Crippen molar-refractivity contribution >= 4 is 11.2 Å². The summed E-state index contributed by atoms with van der Waals surface area (Å²) < 4.78 is 7.94. The topological polar surface area (TPSA) is 52.8 Å². The molecule has 0 saturated carbocycles. The quantitative estimate of drug-likeness (QED) is 0.724. The van der Waals surface area contributed by atoms with Crippen LogP contribution in [-0.4, -0.2) is 26.1 Å². The third kappa shape index (κ3) is 2.19. The lowest BCUT2D eigenvalue weighted by molar-refractivity contribution is 0.00880. The summed E-state index contributed by atoms with van der Waals surface area (Å²) in [4.78, 5) is 13.7. The van der Waals surface area contributed by atoms with Crippen molar-refractivity contribution in [3.05, 3.63) is 48.5 Å². The molecule has 1 aliphatic heterocycles. The number of aromatic nitrogens is 4. The van der Waals surface area contributed by atoms with Gasteiger partial charge in [0.2, 0.25) is 0 Å². The number of hydrogen-bond acceptors (Lipinski definition) is 4. The molecule has 1 saturated heterocycles. The molecule has 5 nitrogen and oxygen atoms in total. The van der Waals surface area contributed by atoms with Crippen molar-refractivity contribution in [3.63, 3.8) is 0 Å². The fourth-order valence-electron chi connectivity index (χ4n) is 2.80. The highest BCUT2D eigenvalue weighted by atomic mass is 16.5. The van der Waals surface area contributed by atoms with Gasteiger partial charge in [-0.3, -0.25) is 4.57 Å². The summed E-state index contributed by atoms with van der Waals surface area (Å²) in [5.41, 5.74) is 1.72. The molecular formula is C16H16N4O.